The zero-order valence-corrected chi connectivity index (χ0v) is 18.1. The van der Waals surface area contributed by atoms with Crippen LogP contribution in [0.15, 0.2) is 53.4 Å². The molecule has 1 heterocycles. The van der Waals surface area contributed by atoms with Gasteiger partial charge in [0.1, 0.15) is 0 Å². The number of hydrogen-bond acceptors (Lipinski definition) is 5. The molecule has 0 aromatic heterocycles. The molecule has 11 heteroatoms. The summed E-state index contributed by atoms with van der Waals surface area (Å²) in [5.74, 6) is -0.271. The fourth-order valence-electron chi connectivity index (χ4n) is 3.55. The maximum Gasteiger partial charge on any atom is 0.416 e. The van der Waals surface area contributed by atoms with Gasteiger partial charge in [-0.3, -0.25) is 14.6 Å². The van der Waals surface area contributed by atoms with E-state index in [0.29, 0.717) is 31.9 Å². The average Bonchev–Trinajstić information content (AvgIpc) is 2.92. The van der Waals surface area contributed by atoms with Crippen molar-refractivity contribution >= 4 is 21.6 Å². The van der Waals surface area contributed by atoms with Crippen molar-refractivity contribution in [2.75, 3.05) is 38.0 Å². The Bertz CT molecular complexity index is 1040. The Hall–Kier alpha value is -2.47. The topological polar surface area (TPSA) is 95.7 Å². The second-order valence-corrected chi connectivity index (χ2v) is 9.28. The lowest BCUT2D eigenvalue weighted by Crippen LogP contribution is -2.36. The smallest absolute Gasteiger partial charge is 0.325 e. The Labute approximate surface area is 185 Å². The molecule has 1 fully saturated rings. The molecule has 1 aliphatic rings. The van der Waals surface area contributed by atoms with E-state index < -0.39 is 21.8 Å². The number of halogens is 3. The summed E-state index contributed by atoms with van der Waals surface area (Å²) in [6.07, 6.45) is -3.53. The number of alkyl halides is 3. The van der Waals surface area contributed by atoms with E-state index in [0.717, 1.165) is 30.7 Å². The molecule has 3 rings (SSSR count). The van der Waals surface area contributed by atoms with Gasteiger partial charge in [0.25, 0.3) is 0 Å². The van der Waals surface area contributed by atoms with Crippen LogP contribution < -0.4 is 10.5 Å². The van der Waals surface area contributed by atoms with Crippen molar-refractivity contribution in [1.29, 1.82) is 0 Å². The molecule has 0 saturated carbocycles. The third-order valence-electron chi connectivity index (χ3n) is 5.18. The molecule has 0 atom stereocenters. The van der Waals surface area contributed by atoms with Crippen molar-refractivity contribution in [3.63, 3.8) is 0 Å². The Morgan fingerprint density at radius 3 is 2.31 bits per heavy atom. The number of hydrogen-bond donors (Lipinski definition) is 2. The molecule has 0 unspecified atom stereocenters. The molecule has 32 heavy (non-hydrogen) atoms. The van der Waals surface area contributed by atoms with Gasteiger partial charge < -0.3 is 5.32 Å². The first kappa shape index (κ1) is 24.2. The summed E-state index contributed by atoms with van der Waals surface area (Å²) >= 11 is 0. The van der Waals surface area contributed by atoms with E-state index in [1.54, 1.807) is 6.07 Å². The van der Waals surface area contributed by atoms with Crippen LogP contribution in [0.4, 0.5) is 18.9 Å². The Morgan fingerprint density at radius 2 is 1.66 bits per heavy atom. The maximum atomic E-state index is 12.7. The molecule has 0 aliphatic carbocycles. The minimum absolute atomic E-state index is 0.0796. The highest BCUT2D eigenvalue weighted by atomic mass is 32.2. The van der Waals surface area contributed by atoms with Crippen molar-refractivity contribution in [2.24, 2.45) is 5.14 Å². The summed E-state index contributed by atoms with van der Waals surface area (Å²) in [7, 11) is -3.86. The standard InChI is InChI=1S/C21H25F3N4O3S/c22-21(23,24)17-7-5-16(6-8-17)14-27-9-2-10-28(12-11-27)15-20(29)26-18-3-1-4-19(13-18)32(25,30)31/h1,3-8,13H,2,9-12,14-15H2,(H,26,29)(H2,25,30,31). The normalized spacial score (nSPS) is 16.5. The zero-order chi connectivity index (χ0) is 23.4. The largest absolute Gasteiger partial charge is 0.416 e. The minimum atomic E-state index is -4.35. The molecule has 1 aliphatic heterocycles. The molecule has 1 saturated heterocycles. The first-order chi connectivity index (χ1) is 15.0. The number of carbonyl (C=O) groups excluding carboxylic acids is 1. The molecule has 2 aromatic carbocycles. The number of primary sulfonamides is 1. The van der Waals surface area contributed by atoms with Gasteiger partial charge in [-0.15, -0.1) is 0 Å². The highest BCUT2D eigenvalue weighted by Gasteiger charge is 2.30. The highest BCUT2D eigenvalue weighted by Crippen LogP contribution is 2.29. The van der Waals surface area contributed by atoms with Crippen LogP contribution in [-0.2, 0) is 27.5 Å². The van der Waals surface area contributed by atoms with Crippen LogP contribution in [-0.4, -0.2) is 56.8 Å². The molecule has 0 radical (unpaired) electrons. The van der Waals surface area contributed by atoms with Crippen molar-refractivity contribution < 1.29 is 26.4 Å². The lowest BCUT2D eigenvalue weighted by molar-refractivity contribution is -0.137. The number of benzene rings is 2. The first-order valence-electron chi connectivity index (χ1n) is 10.0. The van der Waals surface area contributed by atoms with E-state index in [1.807, 2.05) is 4.90 Å². The van der Waals surface area contributed by atoms with E-state index >= 15 is 0 Å². The predicted molar refractivity (Wildman–Crippen MR) is 114 cm³/mol. The van der Waals surface area contributed by atoms with Gasteiger partial charge in [0, 0.05) is 25.3 Å². The third kappa shape index (κ3) is 7.02. The Kier molecular flexibility index (Phi) is 7.55. The number of nitrogens with two attached hydrogens (primary N) is 1. The van der Waals surface area contributed by atoms with Crippen LogP contribution in [0.1, 0.15) is 17.5 Å². The summed E-state index contributed by atoms with van der Waals surface area (Å²) in [4.78, 5) is 16.5. The fraction of sp³-hybridized carbons (Fsp3) is 0.381. The lowest BCUT2D eigenvalue weighted by atomic mass is 10.1. The van der Waals surface area contributed by atoms with Gasteiger partial charge in [-0.05, 0) is 55.4 Å². The number of nitrogens with one attached hydrogen (secondary N) is 1. The molecule has 2 aromatic rings. The number of sulfonamides is 1. The average molecular weight is 471 g/mol. The van der Waals surface area contributed by atoms with E-state index in [-0.39, 0.29) is 17.3 Å². The van der Waals surface area contributed by atoms with E-state index in [9.17, 15) is 26.4 Å². The monoisotopic (exact) mass is 470 g/mol. The summed E-state index contributed by atoms with van der Waals surface area (Å²) in [6.45, 7) is 3.47. The van der Waals surface area contributed by atoms with Crippen LogP contribution in [0.3, 0.4) is 0 Å². The lowest BCUT2D eigenvalue weighted by Gasteiger charge is -2.21. The van der Waals surface area contributed by atoms with Crippen LogP contribution in [0.5, 0.6) is 0 Å². The summed E-state index contributed by atoms with van der Waals surface area (Å²) < 4.78 is 61.0. The molecule has 0 spiro atoms. The molecule has 174 valence electrons. The number of amides is 1. The number of nitrogens with zero attached hydrogens (tertiary/aromatic N) is 2. The van der Waals surface area contributed by atoms with E-state index in [4.69, 9.17) is 5.14 Å². The first-order valence-corrected chi connectivity index (χ1v) is 11.6. The van der Waals surface area contributed by atoms with Gasteiger partial charge >= 0.3 is 6.18 Å². The van der Waals surface area contributed by atoms with Crippen molar-refractivity contribution in [3.05, 3.63) is 59.7 Å². The van der Waals surface area contributed by atoms with E-state index in [2.05, 4.69) is 10.2 Å². The number of rotatable bonds is 6. The summed E-state index contributed by atoms with van der Waals surface area (Å²) in [5.41, 5.74) is 0.489. The minimum Gasteiger partial charge on any atom is -0.325 e. The molecule has 1 amide bonds. The van der Waals surface area contributed by atoms with Crippen LogP contribution >= 0.6 is 0 Å². The summed E-state index contributed by atoms with van der Waals surface area (Å²) in [5, 5.41) is 7.80. The Morgan fingerprint density at radius 1 is 1.00 bits per heavy atom. The molecule has 3 N–H and O–H groups in total. The Balaban J connectivity index is 1.50. The van der Waals surface area contributed by atoms with Crippen molar-refractivity contribution in [1.82, 2.24) is 9.80 Å². The van der Waals surface area contributed by atoms with Gasteiger partial charge in [-0.1, -0.05) is 18.2 Å². The van der Waals surface area contributed by atoms with Crippen LogP contribution in [0.2, 0.25) is 0 Å². The molecular weight excluding hydrogens is 445 g/mol. The quantitative estimate of drug-likeness (QED) is 0.677. The second kappa shape index (κ2) is 9.99. The van der Waals surface area contributed by atoms with Crippen molar-refractivity contribution in [3.8, 4) is 0 Å². The molecular formula is C21H25F3N4O3S. The second-order valence-electron chi connectivity index (χ2n) is 7.72. The molecule has 7 nitrogen and oxygen atoms in total. The van der Waals surface area contributed by atoms with Gasteiger partial charge in [-0.2, -0.15) is 13.2 Å². The van der Waals surface area contributed by atoms with Crippen LogP contribution in [0.25, 0.3) is 0 Å². The van der Waals surface area contributed by atoms with Crippen LogP contribution in [0, 0.1) is 0 Å². The zero-order valence-electron chi connectivity index (χ0n) is 17.3. The predicted octanol–water partition coefficient (Wildman–Crippen LogP) is 2.50. The highest BCUT2D eigenvalue weighted by molar-refractivity contribution is 7.89. The van der Waals surface area contributed by atoms with E-state index in [1.165, 1.54) is 30.3 Å². The SMILES string of the molecule is NS(=O)(=O)c1cccc(NC(=O)CN2CCCN(Cc3ccc(C(F)(F)F)cc3)CC2)c1. The van der Waals surface area contributed by atoms with Gasteiger partial charge in [-0.25, -0.2) is 13.6 Å². The van der Waals surface area contributed by atoms with Gasteiger partial charge in [0.05, 0.1) is 17.0 Å². The van der Waals surface area contributed by atoms with Crippen molar-refractivity contribution in [2.45, 2.75) is 24.0 Å². The fourth-order valence-corrected chi connectivity index (χ4v) is 4.11. The number of anilines is 1. The maximum absolute atomic E-state index is 12.7. The molecule has 0 bridgehead atoms. The van der Waals surface area contributed by atoms with Gasteiger partial charge in [0.2, 0.25) is 15.9 Å². The summed E-state index contributed by atoms with van der Waals surface area (Å²) in [6, 6.07) is 10.9. The third-order valence-corrected chi connectivity index (χ3v) is 6.09. The van der Waals surface area contributed by atoms with Gasteiger partial charge in [0.15, 0.2) is 0 Å². The number of carbonyl (C=O) groups is 1.